The SMILES string of the molecule is C=CCCCCCCCCCCCCCCCC.OCCO. The molecule has 0 rings (SSSR count). The average molecular weight is 315 g/mol. The normalized spacial score (nSPS) is 10.1. The zero-order valence-electron chi connectivity index (χ0n) is 15.2. The minimum absolute atomic E-state index is 0.125. The minimum atomic E-state index is -0.125. The van der Waals surface area contributed by atoms with Crippen LogP contribution in [0.3, 0.4) is 0 Å². The Bertz CT molecular complexity index is 179. The summed E-state index contributed by atoms with van der Waals surface area (Å²) in [6.45, 7) is 5.80. The summed E-state index contributed by atoms with van der Waals surface area (Å²) in [4.78, 5) is 0. The maximum atomic E-state index is 7.62. The van der Waals surface area contributed by atoms with E-state index < -0.39 is 0 Å². The molecule has 2 N–H and O–H groups in total. The van der Waals surface area contributed by atoms with Crippen LogP contribution >= 0.6 is 0 Å². The van der Waals surface area contributed by atoms with E-state index >= 15 is 0 Å². The van der Waals surface area contributed by atoms with E-state index in [0.717, 1.165) is 0 Å². The first-order valence-corrected chi connectivity index (χ1v) is 9.66. The molecule has 0 amide bonds. The van der Waals surface area contributed by atoms with Crippen molar-refractivity contribution in [1.29, 1.82) is 0 Å². The lowest BCUT2D eigenvalue weighted by molar-refractivity contribution is 0.186. The van der Waals surface area contributed by atoms with Crippen LogP contribution in [0.25, 0.3) is 0 Å². The van der Waals surface area contributed by atoms with Gasteiger partial charge in [0.25, 0.3) is 0 Å². The molecule has 0 saturated carbocycles. The monoisotopic (exact) mass is 314 g/mol. The van der Waals surface area contributed by atoms with Crippen LogP contribution < -0.4 is 0 Å². The predicted molar refractivity (Wildman–Crippen MR) is 99.3 cm³/mol. The Morgan fingerprint density at radius 3 is 1.18 bits per heavy atom. The van der Waals surface area contributed by atoms with Gasteiger partial charge in [0.2, 0.25) is 0 Å². The number of hydrogen-bond donors (Lipinski definition) is 2. The summed E-state index contributed by atoms with van der Waals surface area (Å²) in [5.74, 6) is 0. The summed E-state index contributed by atoms with van der Waals surface area (Å²) in [6.07, 6.45) is 23.5. The fraction of sp³-hybridized carbons (Fsp3) is 0.900. The molecule has 0 bridgehead atoms. The van der Waals surface area contributed by atoms with Gasteiger partial charge in [0.15, 0.2) is 0 Å². The lowest BCUT2D eigenvalue weighted by atomic mass is 10.0. The van der Waals surface area contributed by atoms with Crippen LogP contribution in [0.15, 0.2) is 12.7 Å². The maximum Gasteiger partial charge on any atom is 0.0662 e. The van der Waals surface area contributed by atoms with Gasteiger partial charge < -0.3 is 10.2 Å². The van der Waals surface area contributed by atoms with Crippen molar-refractivity contribution >= 4 is 0 Å². The summed E-state index contributed by atoms with van der Waals surface area (Å²) in [7, 11) is 0. The Morgan fingerprint density at radius 1 is 0.591 bits per heavy atom. The van der Waals surface area contributed by atoms with E-state index in [1.807, 2.05) is 6.08 Å². The zero-order valence-corrected chi connectivity index (χ0v) is 15.2. The molecule has 0 unspecified atom stereocenters. The third-order valence-electron chi connectivity index (χ3n) is 3.86. The lowest BCUT2D eigenvalue weighted by Gasteiger charge is -2.02. The molecular formula is C20H42O2. The summed E-state index contributed by atoms with van der Waals surface area (Å²) in [6, 6.07) is 0. The first-order chi connectivity index (χ1) is 10.8. The molecule has 0 saturated heterocycles. The molecule has 0 aromatic carbocycles. The second-order valence-corrected chi connectivity index (χ2v) is 6.12. The highest BCUT2D eigenvalue weighted by molar-refractivity contribution is 4.65. The molecule has 0 aliphatic heterocycles. The lowest BCUT2D eigenvalue weighted by Crippen LogP contribution is -1.85. The van der Waals surface area contributed by atoms with Gasteiger partial charge in [-0.15, -0.1) is 6.58 Å². The maximum absolute atomic E-state index is 7.62. The number of hydrogen-bond acceptors (Lipinski definition) is 2. The first-order valence-electron chi connectivity index (χ1n) is 9.66. The molecule has 0 atom stereocenters. The Morgan fingerprint density at radius 2 is 0.909 bits per heavy atom. The molecule has 0 aromatic heterocycles. The van der Waals surface area contributed by atoms with Crippen molar-refractivity contribution < 1.29 is 10.2 Å². The quantitative estimate of drug-likeness (QED) is 0.270. The van der Waals surface area contributed by atoms with Crippen LogP contribution in [0.1, 0.15) is 103 Å². The molecule has 0 aliphatic rings. The summed E-state index contributed by atoms with van der Waals surface area (Å²) < 4.78 is 0. The van der Waals surface area contributed by atoms with Crippen molar-refractivity contribution in [2.24, 2.45) is 0 Å². The highest BCUT2D eigenvalue weighted by atomic mass is 16.3. The van der Waals surface area contributed by atoms with E-state index in [2.05, 4.69) is 13.5 Å². The third-order valence-corrected chi connectivity index (χ3v) is 3.86. The second kappa shape index (κ2) is 25.6. The van der Waals surface area contributed by atoms with Crippen molar-refractivity contribution in [3.8, 4) is 0 Å². The third kappa shape index (κ3) is 27.9. The van der Waals surface area contributed by atoms with Crippen LogP contribution in [0, 0.1) is 0 Å². The van der Waals surface area contributed by atoms with Gasteiger partial charge in [-0.3, -0.25) is 0 Å². The zero-order chi connectivity index (χ0) is 16.7. The van der Waals surface area contributed by atoms with Crippen LogP contribution in [-0.4, -0.2) is 23.4 Å². The van der Waals surface area contributed by atoms with E-state index in [1.165, 1.54) is 96.3 Å². The number of allylic oxidation sites excluding steroid dienone is 1. The van der Waals surface area contributed by atoms with Crippen molar-refractivity contribution in [3.63, 3.8) is 0 Å². The minimum Gasteiger partial charge on any atom is -0.394 e. The Labute approximate surface area is 140 Å². The Kier molecular flexibility index (Phi) is 27.8. The summed E-state index contributed by atoms with van der Waals surface area (Å²) in [5, 5.41) is 15.2. The van der Waals surface area contributed by atoms with Crippen molar-refractivity contribution in [2.75, 3.05) is 13.2 Å². The molecular weight excluding hydrogens is 272 g/mol. The van der Waals surface area contributed by atoms with Crippen LogP contribution in [0.5, 0.6) is 0 Å². The molecule has 0 aliphatic carbocycles. The smallest absolute Gasteiger partial charge is 0.0662 e. The number of aliphatic hydroxyl groups is 2. The fourth-order valence-corrected chi connectivity index (χ4v) is 2.48. The largest absolute Gasteiger partial charge is 0.394 e. The first kappa shape index (κ1) is 23.9. The molecule has 0 radical (unpaired) electrons. The average Bonchev–Trinajstić information content (AvgIpc) is 2.55. The van der Waals surface area contributed by atoms with E-state index in [-0.39, 0.29) is 13.2 Å². The van der Waals surface area contributed by atoms with Gasteiger partial charge in [0.1, 0.15) is 0 Å². The topological polar surface area (TPSA) is 40.5 Å². The molecule has 2 nitrogen and oxygen atoms in total. The Hall–Kier alpha value is -0.340. The highest BCUT2D eigenvalue weighted by Crippen LogP contribution is 2.13. The summed E-state index contributed by atoms with van der Waals surface area (Å²) >= 11 is 0. The van der Waals surface area contributed by atoms with E-state index in [0.29, 0.717) is 0 Å². The van der Waals surface area contributed by atoms with Crippen molar-refractivity contribution in [2.45, 2.75) is 103 Å². The Balaban J connectivity index is 0. The molecule has 134 valence electrons. The molecule has 22 heavy (non-hydrogen) atoms. The summed E-state index contributed by atoms with van der Waals surface area (Å²) in [5.41, 5.74) is 0. The van der Waals surface area contributed by atoms with E-state index in [4.69, 9.17) is 10.2 Å². The molecule has 0 heterocycles. The van der Waals surface area contributed by atoms with Crippen molar-refractivity contribution in [1.82, 2.24) is 0 Å². The molecule has 0 fully saturated rings. The van der Waals surface area contributed by atoms with E-state index in [1.54, 1.807) is 0 Å². The standard InChI is InChI=1S/C18H36.C2H6O2/c1-3-5-7-9-11-13-15-17-18-16-14-12-10-8-6-4-2;3-1-2-4/h3H,1,4-18H2,2H3;3-4H,1-2H2. The van der Waals surface area contributed by atoms with Crippen LogP contribution in [0.4, 0.5) is 0 Å². The van der Waals surface area contributed by atoms with Gasteiger partial charge in [-0.05, 0) is 12.8 Å². The van der Waals surface area contributed by atoms with Gasteiger partial charge in [-0.2, -0.15) is 0 Å². The fourth-order valence-electron chi connectivity index (χ4n) is 2.48. The second-order valence-electron chi connectivity index (χ2n) is 6.12. The highest BCUT2D eigenvalue weighted by Gasteiger charge is 1.93. The van der Waals surface area contributed by atoms with Gasteiger partial charge in [0, 0.05) is 0 Å². The number of rotatable bonds is 16. The molecule has 2 heteroatoms. The van der Waals surface area contributed by atoms with Crippen molar-refractivity contribution in [3.05, 3.63) is 12.7 Å². The van der Waals surface area contributed by atoms with E-state index in [9.17, 15) is 0 Å². The number of unbranched alkanes of at least 4 members (excludes halogenated alkanes) is 14. The van der Waals surface area contributed by atoms with Crippen LogP contribution in [-0.2, 0) is 0 Å². The molecule has 0 spiro atoms. The van der Waals surface area contributed by atoms with Gasteiger partial charge in [-0.1, -0.05) is 96.5 Å². The number of aliphatic hydroxyl groups excluding tert-OH is 2. The molecule has 0 aromatic rings. The van der Waals surface area contributed by atoms with Gasteiger partial charge >= 0.3 is 0 Å². The predicted octanol–water partition coefficient (Wildman–Crippen LogP) is 6.01. The van der Waals surface area contributed by atoms with Gasteiger partial charge in [0.05, 0.1) is 13.2 Å². The van der Waals surface area contributed by atoms with Crippen LogP contribution in [0.2, 0.25) is 0 Å². The van der Waals surface area contributed by atoms with Gasteiger partial charge in [-0.25, -0.2) is 0 Å².